The number of hydrogen-bond acceptors (Lipinski definition) is 2. The molecule has 1 aromatic carbocycles. The first-order valence-electron chi connectivity index (χ1n) is 7.73. The molecule has 3 unspecified atom stereocenters. The highest BCUT2D eigenvalue weighted by atomic mass is 16.5. The lowest BCUT2D eigenvalue weighted by Gasteiger charge is -2.23. The standard InChI is InChI=1S/C17H27NO/c1-2-16(14-8-4-3-5-9-14)17(18)12-6-10-15-11-7-13-19-15/h3-5,8-9,15-17H,2,6-7,10-13,18H2,1H3. The predicted octanol–water partition coefficient (Wildman–Crippen LogP) is 3.86. The normalized spacial score (nSPS) is 22.3. The van der Waals surface area contributed by atoms with E-state index < -0.39 is 0 Å². The Morgan fingerprint density at radius 3 is 2.74 bits per heavy atom. The van der Waals surface area contributed by atoms with Gasteiger partial charge in [-0.2, -0.15) is 0 Å². The molecule has 0 aliphatic carbocycles. The van der Waals surface area contributed by atoms with E-state index in [1.807, 2.05) is 0 Å². The van der Waals surface area contributed by atoms with Crippen LogP contribution in [-0.2, 0) is 4.74 Å². The number of ether oxygens (including phenoxy) is 1. The van der Waals surface area contributed by atoms with Crippen molar-refractivity contribution < 1.29 is 4.74 Å². The Hall–Kier alpha value is -0.860. The van der Waals surface area contributed by atoms with Crippen LogP contribution in [0.2, 0.25) is 0 Å². The number of rotatable bonds is 7. The van der Waals surface area contributed by atoms with Gasteiger partial charge in [-0.15, -0.1) is 0 Å². The van der Waals surface area contributed by atoms with Crippen LogP contribution in [0, 0.1) is 0 Å². The van der Waals surface area contributed by atoms with Gasteiger partial charge in [-0.3, -0.25) is 0 Å². The van der Waals surface area contributed by atoms with Gasteiger partial charge in [0.15, 0.2) is 0 Å². The molecule has 1 fully saturated rings. The van der Waals surface area contributed by atoms with Crippen LogP contribution in [0.1, 0.15) is 56.9 Å². The summed E-state index contributed by atoms with van der Waals surface area (Å²) in [5.74, 6) is 0.491. The third-order valence-corrected chi connectivity index (χ3v) is 4.27. The van der Waals surface area contributed by atoms with Crippen molar-refractivity contribution in [1.82, 2.24) is 0 Å². The average molecular weight is 261 g/mol. The van der Waals surface area contributed by atoms with E-state index in [1.54, 1.807) is 0 Å². The Balaban J connectivity index is 1.78. The van der Waals surface area contributed by atoms with E-state index in [-0.39, 0.29) is 6.04 Å². The van der Waals surface area contributed by atoms with E-state index in [0.717, 1.165) is 19.4 Å². The second kappa shape index (κ2) is 7.66. The first-order chi connectivity index (χ1) is 9.31. The molecule has 1 saturated heterocycles. The van der Waals surface area contributed by atoms with Gasteiger partial charge in [-0.25, -0.2) is 0 Å². The SMILES string of the molecule is CCC(c1ccccc1)C(N)CCCC1CCCO1. The lowest BCUT2D eigenvalue weighted by molar-refractivity contribution is 0.101. The molecule has 0 radical (unpaired) electrons. The van der Waals surface area contributed by atoms with Crippen LogP contribution in [0.3, 0.4) is 0 Å². The Kier molecular flexibility index (Phi) is 5.87. The van der Waals surface area contributed by atoms with Gasteiger partial charge < -0.3 is 10.5 Å². The first-order valence-corrected chi connectivity index (χ1v) is 7.73. The third-order valence-electron chi connectivity index (χ3n) is 4.27. The summed E-state index contributed by atoms with van der Waals surface area (Å²) >= 11 is 0. The van der Waals surface area contributed by atoms with Crippen LogP contribution in [-0.4, -0.2) is 18.8 Å². The fourth-order valence-corrected chi connectivity index (χ4v) is 3.14. The maximum Gasteiger partial charge on any atom is 0.0576 e. The van der Waals surface area contributed by atoms with E-state index in [2.05, 4.69) is 37.3 Å². The molecule has 0 saturated carbocycles. The maximum absolute atomic E-state index is 6.40. The van der Waals surface area contributed by atoms with Gasteiger partial charge in [0.2, 0.25) is 0 Å². The molecule has 1 aliphatic heterocycles. The molecular weight excluding hydrogens is 234 g/mol. The highest BCUT2D eigenvalue weighted by Crippen LogP contribution is 2.26. The molecule has 1 aliphatic rings. The molecule has 2 N–H and O–H groups in total. The van der Waals surface area contributed by atoms with Crippen molar-refractivity contribution in [2.75, 3.05) is 6.61 Å². The van der Waals surface area contributed by atoms with Crippen molar-refractivity contribution in [3.8, 4) is 0 Å². The zero-order valence-corrected chi connectivity index (χ0v) is 12.1. The zero-order valence-electron chi connectivity index (χ0n) is 12.1. The molecular formula is C17H27NO. The molecule has 0 amide bonds. The molecule has 2 nitrogen and oxygen atoms in total. The maximum atomic E-state index is 6.40. The lowest BCUT2D eigenvalue weighted by atomic mass is 9.87. The van der Waals surface area contributed by atoms with E-state index in [4.69, 9.17) is 10.5 Å². The van der Waals surface area contributed by atoms with Crippen molar-refractivity contribution in [1.29, 1.82) is 0 Å². The second-order valence-electron chi connectivity index (χ2n) is 5.66. The predicted molar refractivity (Wildman–Crippen MR) is 80.3 cm³/mol. The topological polar surface area (TPSA) is 35.2 Å². The minimum Gasteiger partial charge on any atom is -0.378 e. The van der Waals surface area contributed by atoms with Gasteiger partial charge in [0.1, 0.15) is 0 Å². The highest BCUT2D eigenvalue weighted by Gasteiger charge is 2.19. The average Bonchev–Trinajstić information content (AvgIpc) is 2.94. The van der Waals surface area contributed by atoms with Crippen molar-refractivity contribution in [3.05, 3.63) is 35.9 Å². The van der Waals surface area contributed by atoms with Crippen LogP contribution in [0.5, 0.6) is 0 Å². The second-order valence-corrected chi connectivity index (χ2v) is 5.66. The molecule has 2 heteroatoms. The Morgan fingerprint density at radius 1 is 1.32 bits per heavy atom. The summed E-state index contributed by atoms with van der Waals surface area (Å²) in [7, 11) is 0. The largest absolute Gasteiger partial charge is 0.378 e. The molecule has 1 heterocycles. The number of benzene rings is 1. The van der Waals surface area contributed by atoms with Crippen LogP contribution < -0.4 is 5.73 Å². The van der Waals surface area contributed by atoms with Gasteiger partial charge in [0.05, 0.1) is 6.10 Å². The minimum absolute atomic E-state index is 0.272. The van der Waals surface area contributed by atoms with Crippen molar-refractivity contribution in [2.24, 2.45) is 5.73 Å². The molecule has 3 atom stereocenters. The monoisotopic (exact) mass is 261 g/mol. The molecule has 19 heavy (non-hydrogen) atoms. The van der Waals surface area contributed by atoms with Gasteiger partial charge in [0, 0.05) is 12.6 Å². The molecule has 0 aromatic heterocycles. The number of nitrogens with two attached hydrogens (primary N) is 1. The van der Waals surface area contributed by atoms with Crippen LogP contribution in [0.25, 0.3) is 0 Å². The van der Waals surface area contributed by atoms with E-state index >= 15 is 0 Å². The van der Waals surface area contributed by atoms with E-state index in [0.29, 0.717) is 12.0 Å². The van der Waals surface area contributed by atoms with Gasteiger partial charge in [-0.1, -0.05) is 37.3 Å². The fraction of sp³-hybridized carbons (Fsp3) is 0.647. The summed E-state index contributed by atoms with van der Waals surface area (Å²) in [5, 5.41) is 0. The molecule has 1 aromatic rings. The van der Waals surface area contributed by atoms with Gasteiger partial charge in [-0.05, 0) is 50.0 Å². The molecule has 0 spiro atoms. The number of hydrogen-bond donors (Lipinski definition) is 1. The van der Waals surface area contributed by atoms with Gasteiger partial charge in [0.25, 0.3) is 0 Å². The van der Waals surface area contributed by atoms with Crippen molar-refractivity contribution in [2.45, 2.75) is 63.5 Å². The summed E-state index contributed by atoms with van der Waals surface area (Å²) in [6.45, 7) is 3.19. The van der Waals surface area contributed by atoms with Crippen LogP contribution >= 0.6 is 0 Å². The molecule has 0 bridgehead atoms. The fourth-order valence-electron chi connectivity index (χ4n) is 3.14. The molecule has 106 valence electrons. The summed E-state index contributed by atoms with van der Waals surface area (Å²) in [6, 6.07) is 11.0. The van der Waals surface area contributed by atoms with Gasteiger partial charge >= 0.3 is 0 Å². The third kappa shape index (κ3) is 4.32. The minimum atomic E-state index is 0.272. The zero-order chi connectivity index (χ0) is 13.5. The Morgan fingerprint density at radius 2 is 2.11 bits per heavy atom. The Labute approximate surface area is 117 Å². The summed E-state index contributed by atoms with van der Waals surface area (Å²) in [4.78, 5) is 0. The summed E-state index contributed by atoms with van der Waals surface area (Å²) < 4.78 is 5.67. The lowest BCUT2D eigenvalue weighted by Crippen LogP contribution is -2.28. The summed E-state index contributed by atoms with van der Waals surface area (Å²) in [5.41, 5.74) is 7.79. The van der Waals surface area contributed by atoms with Crippen LogP contribution in [0.15, 0.2) is 30.3 Å². The smallest absolute Gasteiger partial charge is 0.0576 e. The van der Waals surface area contributed by atoms with Crippen molar-refractivity contribution in [3.63, 3.8) is 0 Å². The first kappa shape index (κ1) is 14.5. The summed E-state index contributed by atoms with van der Waals surface area (Å²) in [6.07, 6.45) is 7.57. The quantitative estimate of drug-likeness (QED) is 0.809. The van der Waals surface area contributed by atoms with Crippen molar-refractivity contribution >= 4 is 0 Å². The highest BCUT2D eigenvalue weighted by molar-refractivity contribution is 5.20. The van der Waals surface area contributed by atoms with E-state index in [9.17, 15) is 0 Å². The Bertz CT molecular complexity index is 346. The van der Waals surface area contributed by atoms with E-state index in [1.165, 1.54) is 31.2 Å². The molecule has 2 rings (SSSR count). The van der Waals surface area contributed by atoms with Crippen LogP contribution in [0.4, 0.5) is 0 Å².